The number of hydrogen-bond donors (Lipinski definition) is 1. The fourth-order valence-electron chi connectivity index (χ4n) is 13.5. The number of amides is 1. The van der Waals surface area contributed by atoms with Crippen LogP contribution in [0.25, 0.3) is 0 Å². The zero-order valence-electron chi connectivity index (χ0n) is 43.1. The molecule has 3 heterocycles. The monoisotopic (exact) mass is 964 g/mol. The lowest BCUT2D eigenvalue weighted by Crippen LogP contribution is -2.79. The molecule has 2 unspecified atom stereocenters. The number of carbonyl (C=O) groups is 3. The molecule has 14 atom stereocenters. The molecule has 0 aromatic heterocycles. The summed E-state index contributed by atoms with van der Waals surface area (Å²) in [5.74, 6) is -1.45. The van der Waals surface area contributed by atoms with E-state index in [1.54, 1.807) is 36.3 Å². The molecule has 13 nitrogen and oxygen atoms in total. The van der Waals surface area contributed by atoms with Crippen molar-refractivity contribution in [2.45, 2.75) is 169 Å². The molecule has 1 amide bonds. The quantitative estimate of drug-likeness (QED) is 0.124. The van der Waals surface area contributed by atoms with E-state index >= 15 is 4.79 Å². The normalized spacial score (nSPS) is 36.4. The van der Waals surface area contributed by atoms with Crippen molar-refractivity contribution in [1.82, 2.24) is 4.90 Å². The van der Waals surface area contributed by atoms with Gasteiger partial charge in [0.05, 0.1) is 43.6 Å². The second-order valence-corrected chi connectivity index (χ2v) is 23.3. The van der Waals surface area contributed by atoms with Crippen molar-refractivity contribution in [2.75, 3.05) is 13.7 Å². The molecule has 3 aromatic carbocycles. The smallest absolute Gasteiger partial charge is 0.412 e. The van der Waals surface area contributed by atoms with E-state index in [2.05, 4.69) is 20.8 Å². The summed E-state index contributed by atoms with van der Waals surface area (Å²) >= 11 is 0. The minimum absolute atomic E-state index is 0.0497. The maximum Gasteiger partial charge on any atom is 0.412 e. The van der Waals surface area contributed by atoms with E-state index in [0.717, 1.165) is 22.3 Å². The number of ether oxygens (including phenoxy) is 8. The maximum atomic E-state index is 15.3. The van der Waals surface area contributed by atoms with E-state index in [1.807, 2.05) is 117 Å². The van der Waals surface area contributed by atoms with Crippen LogP contribution in [0.3, 0.4) is 0 Å². The molecule has 3 aliphatic carbocycles. The van der Waals surface area contributed by atoms with Crippen molar-refractivity contribution in [1.29, 1.82) is 0 Å². The highest BCUT2D eigenvalue weighted by molar-refractivity contribution is 5.89. The van der Waals surface area contributed by atoms with Crippen LogP contribution in [-0.4, -0.2) is 95.6 Å². The van der Waals surface area contributed by atoms with Crippen molar-refractivity contribution in [3.63, 3.8) is 0 Å². The van der Waals surface area contributed by atoms with Crippen LogP contribution in [0.4, 0.5) is 4.79 Å². The Balaban J connectivity index is 1.17. The van der Waals surface area contributed by atoms with Gasteiger partial charge in [0.2, 0.25) is 0 Å². The van der Waals surface area contributed by atoms with Gasteiger partial charge in [0, 0.05) is 52.0 Å². The molecular weight excluding hydrogens is 891 g/mol. The lowest BCUT2D eigenvalue weighted by atomic mass is 9.41. The summed E-state index contributed by atoms with van der Waals surface area (Å²) in [7, 11) is 1.63. The average Bonchev–Trinajstić information content (AvgIpc) is 3.67. The maximum absolute atomic E-state index is 15.3. The summed E-state index contributed by atoms with van der Waals surface area (Å²) in [6, 6.07) is 23.4. The third-order valence-corrected chi connectivity index (χ3v) is 16.9. The molecule has 2 bridgehead atoms. The van der Waals surface area contributed by atoms with E-state index < -0.39 is 100 Å². The molecule has 70 heavy (non-hydrogen) atoms. The second kappa shape index (κ2) is 18.1. The lowest BCUT2D eigenvalue weighted by Gasteiger charge is -2.72. The number of fused-ring (bicyclic) bond motifs is 4. The van der Waals surface area contributed by atoms with Gasteiger partial charge in [-0.05, 0) is 76.8 Å². The van der Waals surface area contributed by atoms with Crippen LogP contribution in [-0.2, 0) is 38.0 Å². The van der Waals surface area contributed by atoms with Gasteiger partial charge in [0.25, 0.3) is 0 Å². The highest BCUT2D eigenvalue weighted by Gasteiger charge is 2.76. The Hall–Kier alpha value is -4.79. The third kappa shape index (κ3) is 8.25. The van der Waals surface area contributed by atoms with E-state index in [-0.39, 0.29) is 24.4 Å². The molecule has 6 aliphatic rings. The van der Waals surface area contributed by atoms with Gasteiger partial charge >= 0.3 is 18.0 Å². The molecule has 9 rings (SSSR count). The molecule has 0 spiro atoms. The molecule has 3 aliphatic heterocycles. The Bertz CT molecular complexity index is 2480. The van der Waals surface area contributed by atoms with Crippen LogP contribution in [0, 0.1) is 40.9 Å². The van der Waals surface area contributed by atoms with Crippen molar-refractivity contribution >= 4 is 18.0 Å². The standard InChI is InChI=1S/C57H73NO12/c1-31(2)27-39-44(67-48(35-21-19-32(3)20-22-35)58(39)52(61)70-53(6,7)8)50(60)65-40-29-57(62)47(68-49(59)36-17-15-14-16-18-36)45-55(11)30-64-41(55)28-42-56(45,12)46(34(5)43(33(40)4)54(57,9)10)69-51(66-42)37-23-25-38(63-13)26-24-37/h14-26,31,34,39-42,44-48,51,62H,27-30H2,1-13H3/t34-,39-,40-,41+,42-,44+,45+,46-,47-,48?,51?,55+,56+,57+/m0/s1. The van der Waals surface area contributed by atoms with Crippen molar-refractivity contribution in [3.05, 3.63) is 112 Å². The first-order valence-corrected chi connectivity index (χ1v) is 25.1. The van der Waals surface area contributed by atoms with Crippen LogP contribution in [0.5, 0.6) is 5.75 Å². The Morgan fingerprint density at radius 3 is 2.11 bits per heavy atom. The first-order valence-electron chi connectivity index (χ1n) is 25.1. The molecule has 13 heteroatoms. The van der Waals surface area contributed by atoms with Crippen molar-refractivity contribution in [3.8, 4) is 5.75 Å². The van der Waals surface area contributed by atoms with E-state index in [9.17, 15) is 14.7 Å². The number of hydrogen-bond acceptors (Lipinski definition) is 12. The Labute approximate surface area is 413 Å². The summed E-state index contributed by atoms with van der Waals surface area (Å²) in [6.45, 7) is 24.3. The zero-order chi connectivity index (χ0) is 50.5. The van der Waals surface area contributed by atoms with Gasteiger partial charge in [0.15, 0.2) is 18.6 Å². The number of rotatable bonds is 9. The number of benzene rings is 3. The first kappa shape index (κ1) is 50.2. The molecule has 1 N–H and O–H groups in total. The van der Waals surface area contributed by atoms with Crippen LogP contribution >= 0.6 is 0 Å². The Kier molecular flexibility index (Phi) is 12.9. The number of carbonyl (C=O) groups excluding carboxylic acids is 3. The van der Waals surface area contributed by atoms with Crippen LogP contribution in [0.1, 0.15) is 135 Å². The van der Waals surface area contributed by atoms with Gasteiger partial charge < -0.3 is 43.0 Å². The van der Waals surface area contributed by atoms with Gasteiger partial charge in [0.1, 0.15) is 29.2 Å². The van der Waals surface area contributed by atoms with Crippen LogP contribution < -0.4 is 4.74 Å². The summed E-state index contributed by atoms with van der Waals surface area (Å²) in [4.78, 5) is 45.8. The predicted octanol–water partition coefficient (Wildman–Crippen LogP) is 10.2. The number of esters is 2. The molecule has 0 radical (unpaired) electrons. The molecule has 3 aromatic rings. The van der Waals surface area contributed by atoms with Gasteiger partial charge in [-0.25, -0.2) is 14.4 Å². The lowest BCUT2D eigenvalue weighted by molar-refractivity contribution is -0.398. The largest absolute Gasteiger partial charge is 0.497 e. The topological polar surface area (TPSA) is 149 Å². The summed E-state index contributed by atoms with van der Waals surface area (Å²) < 4.78 is 52.7. The van der Waals surface area contributed by atoms with Crippen molar-refractivity contribution < 1.29 is 57.4 Å². The molecule has 3 saturated heterocycles. The van der Waals surface area contributed by atoms with Gasteiger partial charge in [-0.15, -0.1) is 0 Å². The third-order valence-electron chi connectivity index (χ3n) is 16.9. The number of nitrogens with zero attached hydrogens (tertiary/aromatic N) is 1. The highest BCUT2D eigenvalue weighted by Crippen LogP contribution is 2.70. The fraction of sp³-hybridized carbons (Fsp3) is 0.596. The van der Waals surface area contributed by atoms with Crippen molar-refractivity contribution in [2.24, 2.45) is 34.0 Å². The Morgan fingerprint density at radius 2 is 1.51 bits per heavy atom. The van der Waals surface area contributed by atoms with E-state index in [4.69, 9.17) is 37.9 Å². The van der Waals surface area contributed by atoms with Gasteiger partial charge in [-0.2, -0.15) is 0 Å². The van der Waals surface area contributed by atoms with Crippen LogP contribution in [0.15, 0.2) is 90.0 Å². The Morgan fingerprint density at radius 1 is 0.857 bits per heavy atom. The minimum Gasteiger partial charge on any atom is -0.497 e. The highest BCUT2D eigenvalue weighted by atomic mass is 16.7. The van der Waals surface area contributed by atoms with Gasteiger partial charge in [-0.3, -0.25) is 4.90 Å². The van der Waals surface area contributed by atoms with Gasteiger partial charge in [-0.1, -0.05) is 114 Å². The van der Waals surface area contributed by atoms with Crippen LogP contribution in [0.2, 0.25) is 0 Å². The van der Waals surface area contributed by atoms with E-state index in [1.165, 1.54) is 0 Å². The zero-order valence-corrected chi connectivity index (χ0v) is 43.1. The molecule has 5 fully saturated rings. The molecular formula is C57H73NO12. The number of aryl methyl sites for hydroxylation is 1. The SMILES string of the molecule is COc1ccc(C2O[C@H]3C[C@H]4OC[C@@]4(C)[C@H]4[C@H](OC(=O)c5ccccc5)[C@]5(O)C[C@H](OC(=O)[C@@H]6OC(c7ccc(C)cc7)N(C(=O)OC(C)(C)C)[C@H]6CC(C)C)C(C)=C([C@H](C)[C@H](O2)[C@]34C)C5(C)C)cc1. The molecule has 378 valence electrons. The second-order valence-electron chi connectivity index (χ2n) is 23.3. The van der Waals surface area contributed by atoms with E-state index in [0.29, 0.717) is 36.3 Å². The summed E-state index contributed by atoms with van der Waals surface area (Å²) in [5, 5.41) is 14.2. The average molecular weight is 964 g/mol. The summed E-state index contributed by atoms with van der Waals surface area (Å²) in [5.41, 5.74) is -0.664. The molecule has 2 saturated carbocycles. The minimum atomic E-state index is -1.83. The first-order chi connectivity index (χ1) is 32.9. The number of methoxy groups -OCH3 is 1. The fourth-order valence-corrected chi connectivity index (χ4v) is 13.5. The number of aliphatic hydroxyl groups is 1. The predicted molar refractivity (Wildman–Crippen MR) is 260 cm³/mol. The summed E-state index contributed by atoms with van der Waals surface area (Å²) in [6.07, 6.45) is -6.06.